The highest BCUT2D eigenvalue weighted by Crippen LogP contribution is 2.23. The van der Waals surface area contributed by atoms with Crippen LogP contribution in [0.25, 0.3) is 11.4 Å². The van der Waals surface area contributed by atoms with Crippen LogP contribution >= 0.6 is 0 Å². The number of hydrogen-bond donors (Lipinski definition) is 0. The normalized spacial score (nSPS) is 10.8. The molecule has 0 aliphatic rings. The first kappa shape index (κ1) is 14.6. The van der Waals surface area contributed by atoms with Gasteiger partial charge in [0.15, 0.2) is 0 Å². The molecule has 4 rings (SSSR count). The first-order chi connectivity index (χ1) is 11.9. The van der Waals surface area contributed by atoms with E-state index < -0.39 is 0 Å². The summed E-state index contributed by atoms with van der Waals surface area (Å²) in [4.78, 5) is 0. The lowest BCUT2D eigenvalue weighted by Gasteiger charge is -2.13. The minimum absolute atomic E-state index is 0.889. The van der Waals surface area contributed by atoms with Crippen LogP contribution in [-0.2, 0) is 13.1 Å². The number of rotatable bonds is 5. The fourth-order valence-corrected chi connectivity index (χ4v) is 3.13. The number of benzene rings is 2. The van der Waals surface area contributed by atoms with Crippen molar-refractivity contribution in [1.29, 1.82) is 0 Å². The molecule has 0 radical (unpaired) electrons. The van der Waals surface area contributed by atoms with Crippen molar-refractivity contribution in [3.8, 4) is 11.4 Å². The molecule has 0 aliphatic carbocycles. The van der Waals surface area contributed by atoms with Crippen LogP contribution < -0.4 is 0 Å². The summed E-state index contributed by atoms with van der Waals surface area (Å²) in [5.74, 6) is 0. The van der Waals surface area contributed by atoms with Crippen molar-refractivity contribution in [2.75, 3.05) is 0 Å². The van der Waals surface area contributed by atoms with Gasteiger partial charge in [0.2, 0.25) is 0 Å². The standard InChI is InChI=1S/C22H20N2/c1-3-9-19(10-4-1)17-23-15-7-13-21(23)22-14-8-16-24(22)18-20-11-5-2-6-12-20/h1-16H,17-18H2. The topological polar surface area (TPSA) is 9.86 Å². The van der Waals surface area contributed by atoms with Gasteiger partial charge in [0.25, 0.3) is 0 Å². The largest absolute Gasteiger partial charge is 0.342 e. The van der Waals surface area contributed by atoms with Gasteiger partial charge in [-0.05, 0) is 35.4 Å². The van der Waals surface area contributed by atoms with Gasteiger partial charge in [-0.15, -0.1) is 0 Å². The fraction of sp³-hybridized carbons (Fsp3) is 0.0909. The predicted octanol–water partition coefficient (Wildman–Crippen LogP) is 5.05. The Bertz CT molecular complexity index is 824. The highest BCUT2D eigenvalue weighted by atomic mass is 15.0. The molecule has 2 aromatic heterocycles. The van der Waals surface area contributed by atoms with Crippen LogP contribution in [0.2, 0.25) is 0 Å². The summed E-state index contributed by atoms with van der Waals surface area (Å²) in [6.45, 7) is 1.78. The lowest BCUT2D eigenvalue weighted by molar-refractivity contribution is 0.775. The predicted molar refractivity (Wildman–Crippen MR) is 98.9 cm³/mol. The molecule has 0 unspecified atom stereocenters. The molecule has 118 valence electrons. The van der Waals surface area contributed by atoms with Gasteiger partial charge < -0.3 is 9.13 Å². The molecule has 0 saturated heterocycles. The van der Waals surface area contributed by atoms with Crippen LogP contribution in [0.3, 0.4) is 0 Å². The first-order valence-electron chi connectivity index (χ1n) is 8.29. The van der Waals surface area contributed by atoms with Gasteiger partial charge in [0.1, 0.15) is 0 Å². The SMILES string of the molecule is c1ccc(Cn2cccc2-c2cccn2Cc2ccccc2)cc1. The highest BCUT2D eigenvalue weighted by Gasteiger charge is 2.09. The zero-order valence-corrected chi connectivity index (χ0v) is 13.5. The summed E-state index contributed by atoms with van der Waals surface area (Å²) in [5, 5.41) is 0. The third kappa shape index (κ3) is 3.04. The average molecular weight is 312 g/mol. The van der Waals surface area contributed by atoms with Crippen molar-refractivity contribution in [1.82, 2.24) is 9.13 Å². The van der Waals surface area contributed by atoms with E-state index in [4.69, 9.17) is 0 Å². The van der Waals surface area contributed by atoms with Crippen LogP contribution in [0.15, 0.2) is 97.3 Å². The Morgan fingerprint density at radius 2 is 0.875 bits per heavy atom. The van der Waals surface area contributed by atoms with E-state index in [-0.39, 0.29) is 0 Å². The number of nitrogens with zero attached hydrogens (tertiary/aromatic N) is 2. The molecule has 0 amide bonds. The van der Waals surface area contributed by atoms with Gasteiger partial charge in [0.05, 0.1) is 11.4 Å². The summed E-state index contributed by atoms with van der Waals surface area (Å²) < 4.78 is 4.62. The van der Waals surface area contributed by atoms with E-state index in [0.717, 1.165) is 13.1 Å². The molecular weight excluding hydrogens is 292 g/mol. The molecule has 2 aromatic carbocycles. The van der Waals surface area contributed by atoms with E-state index in [1.54, 1.807) is 0 Å². The van der Waals surface area contributed by atoms with E-state index in [9.17, 15) is 0 Å². The Morgan fingerprint density at radius 3 is 1.29 bits per heavy atom. The monoisotopic (exact) mass is 312 g/mol. The molecule has 24 heavy (non-hydrogen) atoms. The second kappa shape index (κ2) is 6.63. The summed E-state index contributed by atoms with van der Waals surface area (Å²) >= 11 is 0. The van der Waals surface area contributed by atoms with Crippen LogP contribution in [0.1, 0.15) is 11.1 Å². The van der Waals surface area contributed by atoms with E-state index in [2.05, 4.69) is 106 Å². The molecule has 4 aromatic rings. The van der Waals surface area contributed by atoms with Crippen molar-refractivity contribution >= 4 is 0 Å². The molecule has 0 atom stereocenters. The van der Waals surface area contributed by atoms with Crippen LogP contribution in [0, 0.1) is 0 Å². The summed E-state index contributed by atoms with van der Waals surface area (Å²) in [5.41, 5.74) is 5.13. The zero-order chi connectivity index (χ0) is 16.2. The Labute approximate surface area is 142 Å². The van der Waals surface area contributed by atoms with E-state index >= 15 is 0 Å². The van der Waals surface area contributed by atoms with Gasteiger partial charge in [-0.1, -0.05) is 60.7 Å². The van der Waals surface area contributed by atoms with Gasteiger partial charge in [-0.2, -0.15) is 0 Å². The quantitative estimate of drug-likeness (QED) is 0.488. The second-order valence-corrected chi connectivity index (χ2v) is 6.01. The van der Waals surface area contributed by atoms with Gasteiger partial charge in [-0.25, -0.2) is 0 Å². The van der Waals surface area contributed by atoms with Gasteiger partial charge in [-0.3, -0.25) is 0 Å². The smallest absolute Gasteiger partial charge is 0.0651 e. The highest BCUT2D eigenvalue weighted by molar-refractivity contribution is 5.57. The molecule has 0 aliphatic heterocycles. The molecule has 2 nitrogen and oxygen atoms in total. The molecule has 0 saturated carbocycles. The van der Waals surface area contributed by atoms with E-state index in [1.807, 2.05) is 0 Å². The lowest BCUT2D eigenvalue weighted by Crippen LogP contribution is -2.05. The summed E-state index contributed by atoms with van der Waals surface area (Å²) in [7, 11) is 0. The van der Waals surface area contributed by atoms with Crippen molar-refractivity contribution in [3.05, 3.63) is 108 Å². The maximum absolute atomic E-state index is 2.31. The van der Waals surface area contributed by atoms with E-state index in [0.29, 0.717) is 0 Å². The third-order valence-electron chi connectivity index (χ3n) is 4.31. The van der Waals surface area contributed by atoms with Crippen LogP contribution in [-0.4, -0.2) is 9.13 Å². The summed E-state index contributed by atoms with van der Waals surface area (Å²) in [6.07, 6.45) is 4.31. The number of aromatic nitrogens is 2. The molecule has 0 bridgehead atoms. The Balaban J connectivity index is 1.64. The molecular formula is C22H20N2. The van der Waals surface area contributed by atoms with Crippen LogP contribution in [0.4, 0.5) is 0 Å². The summed E-state index contributed by atoms with van der Waals surface area (Å²) in [6, 6.07) is 29.8. The second-order valence-electron chi connectivity index (χ2n) is 6.01. The molecule has 0 spiro atoms. The molecule has 0 fully saturated rings. The fourth-order valence-electron chi connectivity index (χ4n) is 3.13. The maximum atomic E-state index is 2.31. The Morgan fingerprint density at radius 1 is 0.458 bits per heavy atom. The third-order valence-corrected chi connectivity index (χ3v) is 4.31. The van der Waals surface area contributed by atoms with Crippen molar-refractivity contribution in [2.45, 2.75) is 13.1 Å². The van der Waals surface area contributed by atoms with E-state index in [1.165, 1.54) is 22.5 Å². The Hall–Kier alpha value is -3.00. The van der Waals surface area contributed by atoms with Crippen LogP contribution in [0.5, 0.6) is 0 Å². The maximum Gasteiger partial charge on any atom is 0.0651 e. The van der Waals surface area contributed by atoms with Gasteiger partial charge >= 0.3 is 0 Å². The first-order valence-corrected chi connectivity index (χ1v) is 8.29. The van der Waals surface area contributed by atoms with Crippen molar-refractivity contribution in [2.24, 2.45) is 0 Å². The Kier molecular flexibility index (Phi) is 4.03. The minimum atomic E-state index is 0.889. The zero-order valence-electron chi connectivity index (χ0n) is 13.5. The minimum Gasteiger partial charge on any atom is -0.342 e. The molecule has 2 heterocycles. The lowest BCUT2D eigenvalue weighted by atomic mass is 10.2. The average Bonchev–Trinajstić information content (AvgIpc) is 3.26. The van der Waals surface area contributed by atoms with Gasteiger partial charge in [0, 0.05) is 25.5 Å². The molecule has 0 N–H and O–H groups in total. The number of hydrogen-bond acceptors (Lipinski definition) is 0. The van der Waals surface area contributed by atoms with Crippen molar-refractivity contribution < 1.29 is 0 Å². The van der Waals surface area contributed by atoms with Crippen molar-refractivity contribution in [3.63, 3.8) is 0 Å². The molecule has 2 heteroatoms.